The van der Waals surface area contributed by atoms with E-state index in [1.54, 1.807) is 7.05 Å². The minimum Gasteiger partial charge on any atom is -0.313 e. The number of likely N-dealkylation sites (N-methyl/N-ethyl adjacent to an activating group) is 1. The van der Waals surface area contributed by atoms with E-state index in [0.29, 0.717) is 13.1 Å². The lowest BCUT2D eigenvalue weighted by Gasteiger charge is -2.33. The Morgan fingerprint density at radius 2 is 1.60 bits per heavy atom. The predicted octanol–water partition coefficient (Wildman–Crippen LogP) is 1.58. The van der Waals surface area contributed by atoms with Crippen molar-refractivity contribution in [3.8, 4) is 0 Å². The predicted molar refractivity (Wildman–Crippen MR) is 65.1 cm³/mol. The number of rotatable bonds is 6. The molecule has 0 aromatic rings. The maximum Gasteiger partial charge on any atom is 0.160 e. The van der Waals surface area contributed by atoms with Crippen LogP contribution in [-0.4, -0.2) is 31.5 Å². The van der Waals surface area contributed by atoms with Gasteiger partial charge in [0.15, 0.2) is 5.78 Å². The van der Waals surface area contributed by atoms with Gasteiger partial charge in [-0.1, -0.05) is 20.8 Å². The maximum absolute atomic E-state index is 11.3. The van der Waals surface area contributed by atoms with Gasteiger partial charge in [0.2, 0.25) is 0 Å². The first kappa shape index (κ1) is 14.6. The van der Waals surface area contributed by atoms with Crippen LogP contribution in [0.4, 0.5) is 0 Å². The van der Waals surface area contributed by atoms with E-state index < -0.39 is 0 Å². The van der Waals surface area contributed by atoms with Crippen LogP contribution in [0, 0.1) is 5.41 Å². The molecule has 0 radical (unpaired) electrons. The summed E-state index contributed by atoms with van der Waals surface area (Å²) in [7, 11) is 1.79. The number of carbonyl (C=O) groups excluding carboxylic acids is 1. The number of hydrogen-bond acceptors (Lipinski definition) is 3. The lowest BCUT2D eigenvalue weighted by molar-refractivity contribution is -0.117. The summed E-state index contributed by atoms with van der Waals surface area (Å²) >= 11 is 0. The molecule has 0 spiro atoms. The molecule has 0 bridgehead atoms. The van der Waals surface area contributed by atoms with E-state index in [9.17, 15) is 4.79 Å². The maximum atomic E-state index is 11.3. The minimum atomic E-state index is 0.0155. The highest BCUT2D eigenvalue weighted by Crippen LogP contribution is 2.26. The zero-order valence-corrected chi connectivity index (χ0v) is 11.0. The van der Waals surface area contributed by atoms with Gasteiger partial charge in [0, 0.05) is 5.54 Å². The Morgan fingerprint density at radius 1 is 1.07 bits per heavy atom. The molecule has 0 amide bonds. The molecule has 0 aliphatic carbocycles. The summed E-state index contributed by atoms with van der Waals surface area (Å²) in [5.74, 6) is 0.208. The molecule has 90 valence electrons. The van der Waals surface area contributed by atoms with Gasteiger partial charge < -0.3 is 10.6 Å². The summed E-state index contributed by atoms with van der Waals surface area (Å²) in [5, 5.41) is 6.17. The summed E-state index contributed by atoms with van der Waals surface area (Å²) in [6.07, 6.45) is 1.05. The molecule has 0 aromatic carbocycles. The molecule has 15 heavy (non-hydrogen) atoms. The first-order chi connectivity index (χ1) is 6.66. The van der Waals surface area contributed by atoms with Gasteiger partial charge in [-0.3, -0.25) is 4.79 Å². The number of Topliss-reactive ketones (excluding diaryl/α,β-unsaturated/α-hetero) is 1. The third kappa shape index (κ3) is 8.58. The third-order valence-electron chi connectivity index (χ3n) is 2.11. The van der Waals surface area contributed by atoms with Crippen molar-refractivity contribution in [3.05, 3.63) is 0 Å². The Bertz CT molecular complexity index is 204. The molecule has 0 rings (SSSR count). The lowest BCUT2D eigenvalue weighted by Crippen LogP contribution is -2.45. The highest BCUT2D eigenvalue weighted by atomic mass is 16.1. The zero-order chi connectivity index (χ0) is 12.1. The van der Waals surface area contributed by atoms with Crippen LogP contribution in [0.3, 0.4) is 0 Å². The molecule has 2 N–H and O–H groups in total. The molecule has 0 aromatic heterocycles. The highest BCUT2D eigenvalue weighted by molar-refractivity contribution is 5.82. The summed E-state index contributed by atoms with van der Waals surface area (Å²) < 4.78 is 0. The molecule has 0 aliphatic heterocycles. The van der Waals surface area contributed by atoms with Crippen molar-refractivity contribution in [2.45, 2.75) is 46.6 Å². The van der Waals surface area contributed by atoms with Crippen LogP contribution < -0.4 is 10.6 Å². The van der Waals surface area contributed by atoms with Gasteiger partial charge in [-0.2, -0.15) is 0 Å². The summed E-state index contributed by atoms with van der Waals surface area (Å²) in [6, 6.07) is 0. The second kappa shape index (κ2) is 5.61. The van der Waals surface area contributed by atoms with Crippen LogP contribution in [0.15, 0.2) is 0 Å². The van der Waals surface area contributed by atoms with Crippen molar-refractivity contribution in [3.63, 3.8) is 0 Å². The molecular formula is C12H26N2O. The van der Waals surface area contributed by atoms with Crippen LogP contribution in [0.25, 0.3) is 0 Å². The molecule has 0 heterocycles. The van der Waals surface area contributed by atoms with Crippen LogP contribution in [0.2, 0.25) is 0 Å². The van der Waals surface area contributed by atoms with E-state index in [4.69, 9.17) is 0 Å². The third-order valence-corrected chi connectivity index (χ3v) is 2.11. The van der Waals surface area contributed by atoms with Gasteiger partial charge in [0.05, 0.1) is 13.1 Å². The van der Waals surface area contributed by atoms with Crippen molar-refractivity contribution in [2.75, 3.05) is 20.1 Å². The van der Waals surface area contributed by atoms with Crippen LogP contribution in [0.1, 0.15) is 41.0 Å². The van der Waals surface area contributed by atoms with E-state index >= 15 is 0 Å². The van der Waals surface area contributed by atoms with Crippen molar-refractivity contribution in [1.29, 1.82) is 0 Å². The Labute approximate surface area is 94.0 Å². The molecule has 0 unspecified atom stereocenters. The average Bonchev–Trinajstić information content (AvgIpc) is 1.97. The van der Waals surface area contributed by atoms with Crippen LogP contribution in [-0.2, 0) is 4.79 Å². The second-order valence-corrected chi connectivity index (χ2v) is 6.04. The molecule has 0 fully saturated rings. The molecule has 0 saturated heterocycles. The lowest BCUT2D eigenvalue weighted by atomic mass is 9.82. The van der Waals surface area contributed by atoms with Crippen LogP contribution in [0.5, 0.6) is 0 Å². The standard InChI is InChI=1S/C12H26N2O/c1-11(2,3)9-12(4,5)14-8-10(15)7-13-6/h13-14H,7-9H2,1-6H3. The first-order valence-electron chi connectivity index (χ1n) is 5.58. The molecule has 0 saturated carbocycles. The summed E-state index contributed by atoms with van der Waals surface area (Å²) in [5.41, 5.74) is 0.296. The smallest absolute Gasteiger partial charge is 0.160 e. The van der Waals surface area contributed by atoms with Gasteiger partial charge >= 0.3 is 0 Å². The second-order valence-electron chi connectivity index (χ2n) is 6.04. The van der Waals surface area contributed by atoms with Gasteiger partial charge in [-0.05, 0) is 32.7 Å². The number of nitrogens with one attached hydrogen (secondary N) is 2. The van der Waals surface area contributed by atoms with E-state index in [1.165, 1.54) is 0 Å². The van der Waals surface area contributed by atoms with Crippen molar-refractivity contribution in [2.24, 2.45) is 5.41 Å². The number of ketones is 1. The van der Waals surface area contributed by atoms with Crippen molar-refractivity contribution < 1.29 is 4.79 Å². The fraction of sp³-hybridized carbons (Fsp3) is 0.917. The first-order valence-corrected chi connectivity index (χ1v) is 5.58. The Balaban J connectivity index is 3.99. The molecule has 3 heteroatoms. The van der Waals surface area contributed by atoms with E-state index in [1.807, 2.05) is 0 Å². The Kier molecular flexibility index (Phi) is 5.46. The monoisotopic (exact) mass is 214 g/mol. The minimum absolute atomic E-state index is 0.0155. The molecular weight excluding hydrogens is 188 g/mol. The van der Waals surface area contributed by atoms with Crippen LogP contribution >= 0.6 is 0 Å². The number of hydrogen-bond donors (Lipinski definition) is 2. The van der Waals surface area contributed by atoms with E-state index in [2.05, 4.69) is 45.3 Å². The quantitative estimate of drug-likeness (QED) is 0.705. The van der Waals surface area contributed by atoms with Gasteiger partial charge in [0.25, 0.3) is 0 Å². The summed E-state index contributed by atoms with van der Waals surface area (Å²) in [4.78, 5) is 11.3. The van der Waals surface area contributed by atoms with Crippen molar-refractivity contribution in [1.82, 2.24) is 10.6 Å². The largest absolute Gasteiger partial charge is 0.313 e. The Hall–Kier alpha value is -0.410. The number of carbonyl (C=O) groups is 1. The van der Waals surface area contributed by atoms with Crippen molar-refractivity contribution >= 4 is 5.78 Å². The zero-order valence-electron chi connectivity index (χ0n) is 11.0. The fourth-order valence-corrected chi connectivity index (χ4v) is 1.99. The molecule has 3 nitrogen and oxygen atoms in total. The highest BCUT2D eigenvalue weighted by Gasteiger charge is 2.25. The average molecular weight is 214 g/mol. The normalized spacial score (nSPS) is 12.9. The molecule has 0 aliphatic rings. The molecule has 0 atom stereocenters. The van der Waals surface area contributed by atoms with Gasteiger partial charge in [-0.15, -0.1) is 0 Å². The topological polar surface area (TPSA) is 41.1 Å². The van der Waals surface area contributed by atoms with Gasteiger partial charge in [0.1, 0.15) is 0 Å². The van der Waals surface area contributed by atoms with Gasteiger partial charge in [-0.25, -0.2) is 0 Å². The SMILES string of the molecule is CNCC(=O)CNC(C)(C)CC(C)(C)C. The van der Waals surface area contributed by atoms with E-state index in [-0.39, 0.29) is 16.7 Å². The fourth-order valence-electron chi connectivity index (χ4n) is 1.99. The summed E-state index contributed by atoms with van der Waals surface area (Å²) in [6.45, 7) is 11.8. The van der Waals surface area contributed by atoms with E-state index in [0.717, 1.165) is 6.42 Å². The Morgan fingerprint density at radius 3 is 2.00 bits per heavy atom.